The van der Waals surface area contributed by atoms with Gasteiger partial charge in [0.1, 0.15) is 0 Å². The van der Waals surface area contributed by atoms with Crippen LogP contribution in [-0.2, 0) is 0 Å². The Balaban J connectivity index is 2.11. The van der Waals surface area contributed by atoms with Gasteiger partial charge in [-0.25, -0.2) is 9.59 Å². The molecule has 0 atom stereocenters. The number of hydrogen-bond donors (Lipinski definition) is 4. The highest BCUT2D eigenvalue weighted by Crippen LogP contribution is 2.20. The monoisotopic (exact) mass is 530 g/mol. The molecular formula is C32H58N4O2. The predicted octanol–water partition coefficient (Wildman–Crippen LogP) is 9.77. The first-order chi connectivity index (χ1) is 18.7. The van der Waals surface area contributed by atoms with Crippen LogP contribution in [0.4, 0.5) is 21.0 Å². The van der Waals surface area contributed by atoms with E-state index in [2.05, 4.69) is 35.1 Å². The van der Waals surface area contributed by atoms with Gasteiger partial charge in [0.05, 0.1) is 11.4 Å². The van der Waals surface area contributed by atoms with Crippen molar-refractivity contribution in [3.8, 4) is 0 Å². The lowest BCUT2D eigenvalue weighted by Crippen LogP contribution is -2.32. The van der Waals surface area contributed by atoms with E-state index in [1.165, 1.54) is 103 Å². The molecule has 1 rings (SSSR count). The van der Waals surface area contributed by atoms with E-state index in [4.69, 9.17) is 0 Å². The maximum Gasteiger partial charge on any atom is 0.319 e. The number of para-hydroxylation sites is 2. The molecule has 6 nitrogen and oxygen atoms in total. The van der Waals surface area contributed by atoms with Crippen molar-refractivity contribution in [3.05, 3.63) is 24.3 Å². The number of anilines is 2. The Hall–Kier alpha value is -2.24. The fourth-order valence-electron chi connectivity index (χ4n) is 4.66. The van der Waals surface area contributed by atoms with Crippen LogP contribution in [0.25, 0.3) is 0 Å². The van der Waals surface area contributed by atoms with Gasteiger partial charge in [0.2, 0.25) is 0 Å². The van der Waals surface area contributed by atoms with E-state index >= 15 is 0 Å². The van der Waals surface area contributed by atoms with E-state index in [1.807, 2.05) is 12.1 Å². The fourth-order valence-corrected chi connectivity index (χ4v) is 4.66. The van der Waals surface area contributed by atoms with Crippen molar-refractivity contribution < 1.29 is 9.59 Å². The van der Waals surface area contributed by atoms with Gasteiger partial charge < -0.3 is 21.3 Å². The second-order valence-corrected chi connectivity index (χ2v) is 10.7. The number of rotatable bonds is 24. The molecule has 1 aromatic carbocycles. The zero-order valence-electron chi connectivity index (χ0n) is 24.7. The molecule has 0 radical (unpaired) electrons. The standard InChI is InChI=1S/C32H58N4O2/c1-3-5-7-9-11-13-15-17-19-23-27-33-31(37)35-29-25-21-22-26-30(29)36-32(38)34-28-24-20-18-16-14-12-10-8-6-4-2/h21-22,25-26H,3-20,23-24,27-28H2,1-2H3,(H2,33,35,37)(H2,34,36,38). The first-order valence-corrected chi connectivity index (χ1v) is 15.9. The van der Waals surface area contributed by atoms with Crippen molar-refractivity contribution in [1.29, 1.82) is 0 Å². The lowest BCUT2D eigenvalue weighted by molar-refractivity contribution is 0.250. The van der Waals surface area contributed by atoms with Gasteiger partial charge in [0, 0.05) is 13.1 Å². The zero-order valence-corrected chi connectivity index (χ0v) is 24.7. The lowest BCUT2D eigenvalue weighted by atomic mass is 10.1. The van der Waals surface area contributed by atoms with Crippen LogP contribution in [0, 0.1) is 0 Å². The number of carbonyl (C=O) groups is 2. The quantitative estimate of drug-likeness (QED) is 0.100. The molecule has 1 aromatic rings. The average Bonchev–Trinajstić information content (AvgIpc) is 2.91. The summed E-state index contributed by atoms with van der Waals surface area (Å²) in [5.41, 5.74) is 1.20. The summed E-state index contributed by atoms with van der Waals surface area (Å²) in [4.78, 5) is 24.7. The molecule has 0 unspecified atom stereocenters. The van der Waals surface area contributed by atoms with Crippen LogP contribution in [0.5, 0.6) is 0 Å². The number of benzene rings is 1. The summed E-state index contributed by atoms with van der Waals surface area (Å²) >= 11 is 0. The van der Waals surface area contributed by atoms with Gasteiger partial charge in [-0.2, -0.15) is 0 Å². The van der Waals surface area contributed by atoms with Crippen LogP contribution < -0.4 is 21.3 Å². The molecule has 0 aliphatic heterocycles. The largest absolute Gasteiger partial charge is 0.338 e. The molecule has 0 saturated heterocycles. The summed E-state index contributed by atoms with van der Waals surface area (Å²) in [5.74, 6) is 0. The van der Waals surface area contributed by atoms with E-state index in [0.717, 1.165) is 25.7 Å². The van der Waals surface area contributed by atoms with E-state index in [0.29, 0.717) is 24.5 Å². The summed E-state index contributed by atoms with van der Waals surface area (Å²) < 4.78 is 0. The van der Waals surface area contributed by atoms with Crippen molar-refractivity contribution in [2.45, 2.75) is 142 Å². The Morgan fingerprint density at radius 1 is 0.474 bits per heavy atom. The van der Waals surface area contributed by atoms with Crippen molar-refractivity contribution >= 4 is 23.4 Å². The van der Waals surface area contributed by atoms with Crippen LogP contribution in [0.3, 0.4) is 0 Å². The molecule has 0 aliphatic carbocycles. The number of carbonyl (C=O) groups excluding carboxylic acids is 2. The molecule has 0 aromatic heterocycles. The smallest absolute Gasteiger partial charge is 0.319 e. The summed E-state index contributed by atoms with van der Waals surface area (Å²) in [7, 11) is 0. The van der Waals surface area contributed by atoms with Gasteiger partial charge in [-0.05, 0) is 25.0 Å². The van der Waals surface area contributed by atoms with Crippen molar-refractivity contribution in [2.24, 2.45) is 0 Å². The van der Waals surface area contributed by atoms with E-state index in [9.17, 15) is 9.59 Å². The van der Waals surface area contributed by atoms with Crippen LogP contribution in [0.15, 0.2) is 24.3 Å². The Bertz CT molecular complexity index is 651. The third-order valence-corrected chi connectivity index (χ3v) is 7.06. The Labute approximate surface area is 233 Å². The van der Waals surface area contributed by atoms with Gasteiger partial charge >= 0.3 is 12.1 Å². The Morgan fingerprint density at radius 3 is 1.08 bits per heavy atom. The van der Waals surface area contributed by atoms with Crippen LogP contribution in [0.2, 0.25) is 0 Å². The van der Waals surface area contributed by atoms with Crippen LogP contribution in [-0.4, -0.2) is 25.2 Å². The van der Waals surface area contributed by atoms with Crippen LogP contribution >= 0.6 is 0 Å². The minimum Gasteiger partial charge on any atom is -0.338 e. The maximum absolute atomic E-state index is 12.3. The average molecular weight is 531 g/mol. The fraction of sp³-hybridized carbons (Fsp3) is 0.750. The van der Waals surface area contributed by atoms with Gasteiger partial charge in [-0.15, -0.1) is 0 Å². The second-order valence-electron chi connectivity index (χ2n) is 10.7. The Morgan fingerprint density at radius 2 is 0.763 bits per heavy atom. The zero-order chi connectivity index (χ0) is 27.5. The van der Waals surface area contributed by atoms with Gasteiger partial charge in [0.25, 0.3) is 0 Å². The second kappa shape index (κ2) is 25.1. The molecule has 6 heteroatoms. The summed E-state index contributed by atoms with van der Waals surface area (Å²) in [6.45, 7) is 5.83. The molecule has 0 saturated carbocycles. The van der Waals surface area contributed by atoms with Gasteiger partial charge in [-0.1, -0.05) is 142 Å². The van der Waals surface area contributed by atoms with Gasteiger partial charge in [0.15, 0.2) is 0 Å². The number of hydrogen-bond acceptors (Lipinski definition) is 2. The van der Waals surface area contributed by atoms with E-state index in [1.54, 1.807) is 12.1 Å². The molecule has 0 bridgehead atoms. The Kier molecular flexibility index (Phi) is 22.3. The summed E-state index contributed by atoms with van der Waals surface area (Å²) in [5, 5.41) is 11.6. The summed E-state index contributed by atoms with van der Waals surface area (Å²) in [6.07, 6.45) is 25.5. The highest BCUT2D eigenvalue weighted by Gasteiger charge is 2.09. The number of nitrogens with one attached hydrogen (secondary N) is 4. The predicted molar refractivity (Wildman–Crippen MR) is 164 cm³/mol. The molecule has 0 heterocycles. The number of urea groups is 2. The molecule has 218 valence electrons. The molecular weight excluding hydrogens is 472 g/mol. The minimum atomic E-state index is -0.235. The highest BCUT2D eigenvalue weighted by atomic mass is 16.2. The topological polar surface area (TPSA) is 82.3 Å². The molecule has 0 spiro atoms. The summed E-state index contributed by atoms with van der Waals surface area (Å²) in [6, 6.07) is 6.84. The minimum absolute atomic E-state index is 0.235. The molecule has 4 N–H and O–H groups in total. The molecule has 0 aliphatic rings. The van der Waals surface area contributed by atoms with E-state index < -0.39 is 0 Å². The normalized spacial score (nSPS) is 10.8. The third kappa shape index (κ3) is 19.8. The molecule has 38 heavy (non-hydrogen) atoms. The van der Waals surface area contributed by atoms with Crippen molar-refractivity contribution in [1.82, 2.24) is 10.6 Å². The first kappa shape index (κ1) is 33.8. The molecule has 0 fully saturated rings. The highest BCUT2D eigenvalue weighted by molar-refractivity contribution is 5.98. The molecule has 4 amide bonds. The van der Waals surface area contributed by atoms with Crippen LogP contribution in [0.1, 0.15) is 142 Å². The number of unbranched alkanes of at least 4 members (excludes halogenated alkanes) is 18. The number of amides is 4. The lowest BCUT2D eigenvalue weighted by Gasteiger charge is -2.13. The third-order valence-electron chi connectivity index (χ3n) is 7.06. The van der Waals surface area contributed by atoms with Gasteiger partial charge in [-0.3, -0.25) is 0 Å². The van der Waals surface area contributed by atoms with Crippen molar-refractivity contribution in [3.63, 3.8) is 0 Å². The van der Waals surface area contributed by atoms with Crippen molar-refractivity contribution in [2.75, 3.05) is 23.7 Å². The van der Waals surface area contributed by atoms with E-state index in [-0.39, 0.29) is 12.1 Å². The SMILES string of the molecule is CCCCCCCCCCCCNC(=O)Nc1ccccc1NC(=O)NCCCCCCCCCCCC. The first-order valence-electron chi connectivity index (χ1n) is 15.9. The maximum atomic E-state index is 12.3.